The SMILES string of the molecule is Cc1ccc2n1[C@@H](Cc1ccccc1)C(=O)NCC2. The number of aromatic nitrogens is 1. The fourth-order valence-corrected chi connectivity index (χ4v) is 2.82. The second kappa shape index (κ2) is 4.92. The van der Waals surface area contributed by atoms with Crippen LogP contribution in [0.4, 0.5) is 0 Å². The third kappa shape index (κ3) is 2.28. The minimum Gasteiger partial charge on any atom is -0.354 e. The number of nitrogens with zero attached hydrogens (tertiary/aromatic N) is 1. The number of benzene rings is 1. The monoisotopic (exact) mass is 254 g/mol. The highest BCUT2D eigenvalue weighted by molar-refractivity contribution is 5.81. The first-order valence-corrected chi connectivity index (χ1v) is 6.74. The van der Waals surface area contributed by atoms with Crippen LogP contribution in [-0.4, -0.2) is 17.0 Å². The maximum atomic E-state index is 12.3. The third-order valence-corrected chi connectivity index (χ3v) is 3.77. The predicted octanol–water partition coefficient (Wildman–Crippen LogP) is 2.25. The van der Waals surface area contributed by atoms with Crippen molar-refractivity contribution in [3.8, 4) is 0 Å². The van der Waals surface area contributed by atoms with Gasteiger partial charge in [-0.25, -0.2) is 0 Å². The van der Waals surface area contributed by atoms with E-state index < -0.39 is 0 Å². The van der Waals surface area contributed by atoms with Gasteiger partial charge in [-0.2, -0.15) is 0 Å². The van der Waals surface area contributed by atoms with Gasteiger partial charge in [0, 0.05) is 30.8 Å². The Morgan fingerprint density at radius 3 is 2.79 bits per heavy atom. The van der Waals surface area contributed by atoms with Gasteiger partial charge < -0.3 is 9.88 Å². The highest BCUT2D eigenvalue weighted by atomic mass is 16.2. The number of amides is 1. The van der Waals surface area contributed by atoms with Crippen LogP contribution < -0.4 is 5.32 Å². The number of aryl methyl sites for hydroxylation is 1. The zero-order valence-electron chi connectivity index (χ0n) is 11.1. The molecule has 0 unspecified atom stereocenters. The molecule has 1 aromatic heterocycles. The van der Waals surface area contributed by atoms with Crippen LogP contribution in [0.3, 0.4) is 0 Å². The number of hydrogen-bond acceptors (Lipinski definition) is 1. The molecule has 1 aliphatic rings. The van der Waals surface area contributed by atoms with Crippen molar-refractivity contribution in [1.29, 1.82) is 0 Å². The Morgan fingerprint density at radius 2 is 2.00 bits per heavy atom. The van der Waals surface area contributed by atoms with E-state index in [1.807, 2.05) is 18.2 Å². The van der Waals surface area contributed by atoms with Crippen LogP contribution in [0.2, 0.25) is 0 Å². The highest BCUT2D eigenvalue weighted by Gasteiger charge is 2.26. The fraction of sp³-hybridized carbons (Fsp3) is 0.312. The molecule has 0 saturated carbocycles. The summed E-state index contributed by atoms with van der Waals surface area (Å²) in [6.07, 6.45) is 1.65. The molecule has 0 aliphatic carbocycles. The molecule has 2 heterocycles. The fourth-order valence-electron chi connectivity index (χ4n) is 2.82. The Balaban J connectivity index is 1.98. The van der Waals surface area contributed by atoms with Gasteiger partial charge in [0.15, 0.2) is 0 Å². The van der Waals surface area contributed by atoms with Crippen molar-refractivity contribution in [1.82, 2.24) is 9.88 Å². The molecule has 3 heteroatoms. The van der Waals surface area contributed by atoms with Crippen LogP contribution in [0, 0.1) is 6.92 Å². The van der Waals surface area contributed by atoms with E-state index in [9.17, 15) is 4.79 Å². The molecule has 0 radical (unpaired) electrons. The molecular weight excluding hydrogens is 236 g/mol. The smallest absolute Gasteiger partial charge is 0.243 e. The van der Waals surface area contributed by atoms with Gasteiger partial charge in [0.05, 0.1) is 0 Å². The Hall–Kier alpha value is -2.03. The summed E-state index contributed by atoms with van der Waals surface area (Å²) in [5.41, 5.74) is 3.60. The Bertz CT molecular complexity index is 586. The van der Waals surface area contributed by atoms with Crippen molar-refractivity contribution in [2.24, 2.45) is 0 Å². The van der Waals surface area contributed by atoms with Crippen LogP contribution in [0.5, 0.6) is 0 Å². The molecular formula is C16H18N2O. The van der Waals surface area contributed by atoms with E-state index in [0.29, 0.717) is 0 Å². The summed E-state index contributed by atoms with van der Waals surface area (Å²) in [4.78, 5) is 12.3. The van der Waals surface area contributed by atoms with Crippen molar-refractivity contribution >= 4 is 5.91 Å². The van der Waals surface area contributed by atoms with E-state index in [-0.39, 0.29) is 11.9 Å². The lowest BCUT2D eigenvalue weighted by atomic mass is 10.0. The molecule has 3 nitrogen and oxygen atoms in total. The summed E-state index contributed by atoms with van der Waals surface area (Å²) >= 11 is 0. The number of carbonyl (C=O) groups excluding carboxylic acids is 1. The molecule has 1 atom stereocenters. The molecule has 98 valence electrons. The number of nitrogens with one attached hydrogen (secondary N) is 1. The summed E-state index contributed by atoms with van der Waals surface area (Å²) in [6, 6.07) is 14.3. The number of rotatable bonds is 2. The molecule has 2 aromatic rings. The molecule has 1 N–H and O–H groups in total. The van der Waals surface area contributed by atoms with E-state index in [1.165, 1.54) is 11.3 Å². The quantitative estimate of drug-likeness (QED) is 0.876. The van der Waals surface area contributed by atoms with Crippen molar-refractivity contribution in [2.75, 3.05) is 6.54 Å². The van der Waals surface area contributed by atoms with E-state index in [2.05, 4.69) is 41.1 Å². The van der Waals surface area contributed by atoms with Gasteiger partial charge in [-0.15, -0.1) is 0 Å². The summed E-state index contributed by atoms with van der Waals surface area (Å²) in [7, 11) is 0. The third-order valence-electron chi connectivity index (χ3n) is 3.77. The zero-order valence-corrected chi connectivity index (χ0v) is 11.1. The predicted molar refractivity (Wildman–Crippen MR) is 75.1 cm³/mol. The average molecular weight is 254 g/mol. The second-order valence-electron chi connectivity index (χ2n) is 5.08. The zero-order chi connectivity index (χ0) is 13.2. The first-order chi connectivity index (χ1) is 9.25. The Labute approximate surface area is 113 Å². The standard InChI is InChI=1S/C16H18N2O/c1-12-7-8-14-9-10-17-16(19)15(18(12)14)11-13-5-3-2-4-6-13/h2-8,15H,9-11H2,1H3,(H,17,19)/t15-/m0/s1. The summed E-state index contributed by atoms with van der Waals surface area (Å²) < 4.78 is 2.19. The maximum absolute atomic E-state index is 12.3. The number of carbonyl (C=O) groups is 1. The molecule has 3 rings (SSSR count). The van der Waals surface area contributed by atoms with Crippen LogP contribution in [-0.2, 0) is 17.6 Å². The molecule has 1 amide bonds. The first kappa shape index (κ1) is 12.0. The number of hydrogen-bond donors (Lipinski definition) is 1. The van der Waals surface area contributed by atoms with Gasteiger partial charge in [-0.1, -0.05) is 30.3 Å². The normalized spacial score (nSPS) is 18.6. The van der Waals surface area contributed by atoms with Gasteiger partial charge in [-0.05, 0) is 24.6 Å². The minimum atomic E-state index is -0.130. The van der Waals surface area contributed by atoms with Crippen molar-refractivity contribution in [3.05, 3.63) is 59.4 Å². The van der Waals surface area contributed by atoms with Crippen LogP contribution >= 0.6 is 0 Å². The van der Waals surface area contributed by atoms with E-state index in [1.54, 1.807) is 0 Å². The maximum Gasteiger partial charge on any atom is 0.243 e. The van der Waals surface area contributed by atoms with Crippen LogP contribution in [0.25, 0.3) is 0 Å². The minimum absolute atomic E-state index is 0.127. The van der Waals surface area contributed by atoms with Crippen molar-refractivity contribution < 1.29 is 4.79 Å². The topological polar surface area (TPSA) is 34.0 Å². The molecule has 0 spiro atoms. The van der Waals surface area contributed by atoms with Gasteiger partial charge in [0.25, 0.3) is 0 Å². The Kier molecular flexibility index (Phi) is 3.11. The van der Waals surface area contributed by atoms with Crippen molar-refractivity contribution in [2.45, 2.75) is 25.8 Å². The van der Waals surface area contributed by atoms with E-state index >= 15 is 0 Å². The largest absolute Gasteiger partial charge is 0.354 e. The number of fused-ring (bicyclic) bond motifs is 1. The molecule has 0 fully saturated rings. The second-order valence-corrected chi connectivity index (χ2v) is 5.08. The average Bonchev–Trinajstić information content (AvgIpc) is 2.70. The van der Waals surface area contributed by atoms with E-state index in [0.717, 1.165) is 25.1 Å². The summed E-state index contributed by atoms with van der Waals surface area (Å²) in [5, 5.41) is 3.02. The first-order valence-electron chi connectivity index (χ1n) is 6.74. The van der Waals surface area contributed by atoms with Gasteiger partial charge in [-0.3, -0.25) is 4.79 Å². The molecule has 0 bridgehead atoms. The van der Waals surface area contributed by atoms with Crippen molar-refractivity contribution in [3.63, 3.8) is 0 Å². The lowest BCUT2D eigenvalue weighted by Gasteiger charge is -2.20. The molecule has 0 saturated heterocycles. The lowest BCUT2D eigenvalue weighted by Crippen LogP contribution is -2.32. The molecule has 1 aromatic carbocycles. The van der Waals surface area contributed by atoms with Crippen LogP contribution in [0.15, 0.2) is 42.5 Å². The summed E-state index contributed by atoms with van der Waals surface area (Å²) in [6.45, 7) is 2.80. The van der Waals surface area contributed by atoms with Gasteiger partial charge >= 0.3 is 0 Å². The van der Waals surface area contributed by atoms with Crippen LogP contribution in [0.1, 0.15) is 23.0 Å². The lowest BCUT2D eigenvalue weighted by molar-refractivity contribution is -0.124. The molecule has 19 heavy (non-hydrogen) atoms. The molecule has 1 aliphatic heterocycles. The van der Waals surface area contributed by atoms with E-state index in [4.69, 9.17) is 0 Å². The Morgan fingerprint density at radius 1 is 1.21 bits per heavy atom. The summed E-state index contributed by atoms with van der Waals surface area (Å²) in [5.74, 6) is 0.127. The van der Waals surface area contributed by atoms with Gasteiger partial charge in [0.1, 0.15) is 6.04 Å². The van der Waals surface area contributed by atoms with Gasteiger partial charge in [0.2, 0.25) is 5.91 Å². The highest BCUT2D eigenvalue weighted by Crippen LogP contribution is 2.23.